The second-order valence-electron chi connectivity index (χ2n) is 4.11. The predicted octanol–water partition coefficient (Wildman–Crippen LogP) is -3.72. The Morgan fingerprint density at radius 2 is 1.67 bits per heavy atom. The summed E-state index contributed by atoms with van der Waals surface area (Å²) in [5.41, 5.74) is 0. The van der Waals surface area contributed by atoms with Gasteiger partial charge in [0.15, 0.2) is 6.10 Å². The monoisotopic (exact) mass is 265 g/mol. The minimum atomic E-state index is -1.86. The fraction of sp³-hybridized carbons (Fsp3) is 0.900. The van der Waals surface area contributed by atoms with Gasteiger partial charge in [0.25, 0.3) is 5.91 Å². The van der Waals surface area contributed by atoms with Crippen LogP contribution in [0.5, 0.6) is 0 Å². The van der Waals surface area contributed by atoms with Gasteiger partial charge in [-0.25, -0.2) is 0 Å². The number of amides is 1. The van der Waals surface area contributed by atoms with Crippen molar-refractivity contribution in [1.29, 1.82) is 0 Å². The lowest BCUT2D eigenvalue weighted by Gasteiger charge is -2.31. The van der Waals surface area contributed by atoms with E-state index in [1.807, 2.05) is 0 Å². The molecule has 1 saturated heterocycles. The average molecular weight is 265 g/mol. The molecule has 0 bridgehead atoms. The quantitative estimate of drug-likeness (QED) is 0.345. The fourth-order valence-corrected chi connectivity index (χ4v) is 1.64. The van der Waals surface area contributed by atoms with Gasteiger partial charge in [0.2, 0.25) is 0 Å². The molecule has 1 aliphatic rings. The van der Waals surface area contributed by atoms with E-state index >= 15 is 0 Å². The highest BCUT2D eigenvalue weighted by Crippen LogP contribution is 2.09. The molecule has 0 spiro atoms. The largest absolute Gasteiger partial charge is 0.394 e. The molecule has 0 saturated carbocycles. The number of hydrogen-bond acceptors (Lipinski definition) is 7. The Balaban J connectivity index is 2.56. The number of carbonyl (C=O) groups is 1. The van der Waals surface area contributed by atoms with Gasteiger partial charge in [-0.2, -0.15) is 0 Å². The van der Waals surface area contributed by atoms with Gasteiger partial charge >= 0.3 is 0 Å². The van der Waals surface area contributed by atoms with Crippen LogP contribution >= 0.6 is 0 Å². The fourth-order valence-electron chi connectivity index (χ4n) is 1.64. The first-order valence-corrected chi connectivity index (χ1v) is 5.68. The standard InChI is InChI=1S/C10H19NO7/c12-5-6(13)7(14)8(15)9(16)10(17)11-1-3-18-4-2-11/h6-9,12-16H,1-5H2/t6-,7-,8+,9-/m0/s1. The summed E-state index contributed by atoms with van der Waals surface area (Å²) < 4.78 is 5.03. The molecule has 8 nitrogen and oxygen atoms in total. The normalized spacial score (nSPS) is 23.3. The van der Waals surface area contributed by atoms with Gasteiger partial charge in [-0.3, -0.25) is 4.79 Å². The summed E-state index contributed by atoms with van der Waals surface area (Å²) >= 11 is 0. The molecule has 1 amide bonds. The van der Waals surface area contributed by atoms with Gasteiger partial charge in [0, 0.05) is 13.1 Å². The van der Waals surface area contributed by atoms with Crippen LogP contribution < -0.4 is 0 Å². The maximum Gasteiger partial charge on any atom is 0.254 e. The van der Waals surface area contributed by atoms with Crippen molar-refractivity contribution in [3.63, 3.8) is 0 Å². The lowest BCUT2D eigenvalue weighted by Crippen LogP contribution is -2.54. The van der Waals surface area contributed by atoms with Gasteiger partial charge in [-0.1, -0.05) is 0 Å². The number of nitrogens with zero attached hydrogens (tertiary/aromatic N) is 1. The Labute approximate surface area is 104 Å². The minimum absolute atomic E-state index is 0.293. The molecule has 0 aromatic rings. The van der Waals surface area contributed by atoms with E-state index in [1.54, 1.807) is 0 Å². The van der Waals surface area contributed by atoms with Gasteiger partial charge < -0.3 is 35.2 Å². The summed E-state index contributed by atoms with van der Waals surface area (Å²) in [6, 6.07) is 0. The summed E-state index contributed by atoms with van der Waals surface area (Å²) in [4.78, 5) is 13.1. The Kier molecular flexibility index (Phi) is 5.93. The molecule has 8 heteroatoms. The Bertz CT molecular complexity index is 269. The molecule has 0 aliphatic carbocycles. The number of rotatable bonds is 5. The highest BCUT2D eigenvalue weighted by Gasteiger charge is 2.36. The smallest absolute Gasteiger partial charge is 0.254 e. The lowest BCUT2D eigenvalue weighted by molar-refractivity contribution is -0.161. The third-order valence-electron chi connectivity index (χ3n) is 2.83. The molecule has 1 heterocycles. The minimum Gasteiger partial charge on any atom is -0.394 e. The van der Waals surface area contributed by atoms with Crippen molar-refractivity contribution in [2.24, 2.45) is 0 Å². The molecule has 1 fully saturated rings. The van der Waals surface area contributed by atoms with Gasteiger partial charge in [0.1, 0.15) is 18.3 Å². The third kappa shape index (κ3) is 3.61. The van der Waals surface area contributed by atoms with Crippen molar-refractivity contribution in [3.05, 3.63) is 0 Å². The zero-order valence-corrected chi connectivity index (χ0v) is 9.84. The molecular formula is C10H19NO7. The molecule has 1 aliphatic heterocycles. The summed E-state index contributed by atoms with van der Waals surface area (Å²) in [6.07, 6.45) is -7.12. The Hall–Kier alpha value is -0.770. The maximum absolute atomic E-state index is 11.8. The van der Waals surface area contributed by atoms with Crippen molar-refractivity contribution in [1.82, 2.24) is 4.90 Å². The number of morpholine rings is 1. The topological polar surface area (TPSA) is 131 Å². The maximum atomic E-state index is 11.8. The van der Waals surface area contributed by atoms with Gasteiger partial charge in [-0.05, 0) is 0 Å². The molecule has 0 aromatic heterocycles. The van der Waals surface area contributed by atoms with Crippen LogP contribution in [-0.2, 0) is 9.53 Å². The van der Waals surface area contributed by atoms with Gasteiger partial charge in [-0.15, -0.1) is 0 Å². The molecule has 1 rings (SSSR count). The summed E-state index contributed by atoms with van der Waals surface area (Å²) in [5.74, 6) is -0.741. The first-order chi connectivity index (χ1) is 8.49. The van der Waals surface area contributed by atoms with Crippen LogP contribution in [0.2, 0.25) is 0 Å². The lowest BCUT2D eigenvalue weighted by atomic mass is 10.0. The predicted molar refractivity (Wildman–Crippen MR) is 58.5 cm³/mol. The molecule has 0 aromatic carbocycles. The van der Waals surface area contributed by atoms with Crippen LogP contribution in [0.3, 0.4) is 0 Å². The highest BCUT2D eigenvalue weighted by molar-refractivity contribution is 5.81. The van der Waals surface area contributed by atoms with Crippen molar-refractivity contribution >= 4 is 5.91 Å². The van der Waals surface area contributed by atoms with Crippen LogP contribution in [0.15, 0.2) is 0 Å². The number of aliphatic hydroxyl groups excluding tert-OH is 5. The van der Waals surface area contributed by atoms with E-state index in [-0.39, 0.29) is 0 Å². The average Bonchev–Trinajstić information content (AvgIpc) is 2.44. The van der Waals surface area contributed by atoms with Crippen molar-refractivity contribution in [2.45, 2.75) is 24.4 Å². The number of hydrogen-bond donors (Lipinski definition) is 5. The van der Waals surface area contributed by atoms with E-state index in [0.29, 0.717) is 26.3 Å². The van der Waals surface area contributed by atoms with Crippen molar-refractivity contribution in [3.8, 4) is 0 Å². The molecule has 18 heavy (non-hydrogen) atoms. The molecular weight excluding hydrogens is 246 g/mol. The SMILES string of the molecule is O=C([C@@H](O)[C@H](O)[C@@H](O)[C@@H](O)CO)N1CCOCC1. The van der Waals surface area contributed by atoms with Crippen LogP contribution in [-0.4, -0.2) is 93.7 Å². The first kappa shape index (κ1) is 15.3. The van der Waals surface area contributed by atoms with Crippen LogP contribution in [0.4, 0.5) is 0 Å². The van der Waals surface area contributed by atoms with E-state index in [2.05, 4.69) is 0 Å². The number of carbonyl (C=O) groups excluding carboxylic acids is 1. The van der Waals surface area contributed by atoms with Crippen molar-refractivity contribution in [2.75, 3.05) is 32.9 Å². The van der Waals surface area contributed by atoms with Crippen LogP contribution in [0, 0.1) is 0 Å². The number of ether oxygens (including phenoxy) is 1. The van der Waals surface area contributed by atoms with Crippen molar-refractivity contribution < 1.29 is 35.1 Å². The van der Waals surface area contributed by atoms with E-state index in [4.69, 9.17) is 14.9 Å². The molecule has 0 unspecified atom stereocenters. The van der Waals surface area contributed by atoms with Crippen LogP contribution in [0.25, 0.3) is 0 Å². The summed E-state index contributed by atoms with van der Waals surface area (Å²) in [5, 5.41) is 46.3. The Morgan fingerprint density at radius 1 is 1.11 bits per heavy atom. The van der Waals surface area contributed by atoms with Gasteiger partial charge in [0.05, 0.1) is 19.8 Å². The summed E-state index contributed by atoms with van der Waals surface area (Å²) in [6.45, 7) is 0.492. The molecule has 5 N–H and O–H groups in total. The van der Waals surface area contributed by atoms with E-state index in [1.165, 1.54) is 4.90 Å². The van der Waals surface area contributed by atoms with E-state index in [9.17, 15) is 20.1 Å². The third-order valence-corrected chi connectivity index (χ3v) is 2.83. The summed E-state index contributed by atoms with van der Waals surface area (Å²) in [7, 11) is 0. The zero-order valence-electron chi connectivity index (χ0n) is 9.84. The number of aliphatic hydroxyl groups is 5. The first-order valence-electron chi connectivity index (χ1n) is 5.68. The van der Waals surface area contributed by atoms with Crippen LogP contribution in [0.1, 0.15) is 0 Å². The molecule has 106 valence electrons. The highest BCUT2D eigenvalue weighted by atomic mass is 16.5. The molecule has 4 atom stereocenters. The molecule has 0 radical (unpaired) electrons. The zero-order chi connectivity index (χ0) is 13.7. The second kappa shape index (κ2) is 6.98. The van der Waals surface area contributed by atoms with E-state index in [0.717, 1.165) is 0 Å². The van der Waals surface area contributed by atoms with E-state index < -0.39 is 36.9 Å². The second-order valence-corrected chi connectivity index (χ2v) is 4.11. The Morgan fingerprint density at radius 3 is 2.17 bits per heavy atom.